The maximum absolute atomic E-state index is 11.8. The molecule has 1 atom stereocenters. The average molecular weight is 282 g/mol. The van der Waals surface area contributed by atoms with E-state index in [2.05, 4.69) is 15.7 Å². The molecule has 8 nitrogen and oxygen atoms in total. The van der Waals surface area contributed by atoms with Crippen LogP contribution >= 0.6 is 0 Å². The molecule has 0 radical (unpaired) electrons. The summed E-state index contributed by atoms with van der Waals surface area (Å²) in [5.74, 6) is -1.07. The lowest BCUT2D eigenvalue weighted by molar-refractivity contribution is -0.144. The van der Waals surface area contributed by atoms with Crippen LogP contribution in [0.15, 0.2) is 12.3 Å². The van der Waals surface area contributed by atoms with Crippen LogP contribution in [0.4, 0.5) is 4.79 Å². The number of carbonyl (C=O) groups excluding carboxylic acids is 1. The maximum atomic E-state index is 11.8. The number of ether oxygens (including phenoxy) is 1. The van der Waals surface area contributed by atoms with E-state index < -0.39 is 17.5 Å². The number of carboxylic acid groups (broad SMARTS) is 1. The van der Waals surface area contributed by atoms with Gasteiger partial charge in [0.05, 0.1) is 6.61 Å². The van der Waals surface area contributed by atoms with Crippen LogP contribution in [0.1, 0.15) is 12.1 Å². The highest BCUT2D eigenvalue weighted by atomic mass is 16.5. The van der Waals surface area contributed by atoms with Crippen LogP contribution in [-0.2, 0) is 23.0 Å². The lowest BCUT2D eigenvalue weighted by atomic mass is 9.99. The van der Waals surface area contributed by atoms with E-state index in [-0.39, 0.29) is 13.0 Å². The summed E-state index contributed by atoms with van der Waals surface area (Å²) in [5, 5.41) is 18.4. The molecule has 8 heteroatoms. The highest BCUT2D eigenvalue weighted by Gasteiger charge is 2.43. The highest BCUT2D eigenvalue weighted by Crippen LogP contribution is 2.18. The molecule has 0 aliphatic carbocycles. The maximum Gasteiger partial charge on any atom is 0.332 e. The highest BCUT2D eigenvalue weighted by molar-refractivity contribution is 5.86. The molecule has 2 rings (SSSR count). The molecule has 3 N–H and O–H groups in total. The number of amides is 2. The minimum atomic E-state index is -1.31. The molecule has 1 saturated heterocycles. The van der Waals surface area contributed by atoms with Crippen molar-refractivity contribution in [1.82, 2.24) is 20.4 Å². The van der Waals surface area contributed by atoms with Gasteiger partial charge in [-0.3, -0.25) is 4.68 Å². The number of aryl methyl sites for hydroxylation is 1. The van der Waals surface area contributed by atoms with Gasteiger partial charge in [-0.25, -0.2) is 9.59 Å². The number of hydrogen-bond acceptors (Lipinski definition) is 4. The number of hydrogen-bond donors (Lipinski definition) is 3. The average Bonchev–Trinajstić information content (AvgIpc) is 3.00. The molecule has 0 saturated carbocycles. The first-order valence-electron chi connectivity index (χ1n) is 6.37. The van der Waals surface area contributed by atoms with Crippen molar-refractivity contribution < 1.29 is 19.4 Å². The van der Waals surface area contributed by atoms with E-state index in [0.29, 0.717) is 19.6 Å². The van der Waals surface area contributed by atoms with Crippen molar-refractivity contribution in [2.24, 2.45) is 7.05 Å². The van der Waals surface area contributed by atoms with E-state index >= 15 is 0 Å². The van der Waals surface area contributed by atoms with E-state index in [1.54, 1.807) is 10.9 Å². The van der Waals surface area contributed by atoms with Crippen LogP contribution in [-0.4, -0.2) is 52.2 Å². The predicted molar refractivity (Wildman–Crippen MR) is 69.2 cm³/mol. The molecule has 1 unspecified atom stereocenters. The van der Waals surface area contributed by atoms with E-state index in [9.17, 15) is 14.7 Å². The predicted octanol–water partition coefficient (Wildman–Crippen LogP) is -0.494. The van der Waals surface area contributed by atoms with Crippen LogP contribution in [0.2, 0.25) is 0 Å². The van der Waals surface area contributed by atoms with Crippen LogP contribution in [0.25, 0.3) is 0 Å². The second-order valence-electron chi connectivity index (χ2n) is 4.77. The zero-order valence-corrected chi connectivity index (χ0v) is 11.3. The Morgan fingerprint density at radius 2 is 2.40 bits per heavy atom. The Balaban J connectivity index is 1.80. The first kappa shape index (κ1) is 14.3. The van der Waals surface area contributed by atoms with Gasteiger partial charge in [0.25, 0.3) is 0 Å². The largest absolute Gasteiger partial charge is 0.479 e. The smallest absolute Gasteiger partial charge is 0.332 e. The van der Waals surface area contributed by atoms with Gasteiger partial charge >= 0.3 is 12.0 Å². The first-order chi connectivity index (χ1) is 9.53. The standard InChI is InChI=1S/C12H18N4O4/c1-16-9(3-6-14-16)2-5-13-11(19)15-12(10(17)18)4-7-20-8-12/h3,6H,2,4-5,7-8H2,1H3,(H,17,18)(H2,13,15,19). The summed E-state index contributed by atoms with van der Waals surface area (Å²) >= 11 is 0. The molecule has 2 amide bonds. The summed E-state index contributed by atoms with van der Waals surface area (Å²) in [5.41, 5.74) is -0.321. The Bertz CT molecular complexity index is 493. The van der Waals surface area contributed by atoms with Crippen molar-refractivity contribution in [2.75, 3.05) is 19.8 Å². The molecule has 2 heterocycles. The van der Waals surface area contributed by atoms with Crippen molar-refractivity contribution in [2.45, 2.75) is 18.4 Å². The van der Waals surface area contributed by atoms with Gasteiger partial charge in [-0.1, -0.05) is 0 Å². The number of nitrogens with zero attached hydrogens (tertiary/aromatic N) is 2. The first-order valence-corrected chi connectivity index (χ1v) is 6.37. The normalized spacial score (nSPS) is 21.6. The van der Waals surface area contributed by atoms with E-state index in [1.807, 2.05) is 13.1 Å². The summed E-state index contributed by atoms with van der Waals surface area (Å²) in [6.45, 7) is 0.737. The monoisotopic (exact) mass is 282 g/mol. The number of aromatic nitrogens is 2. The van der Waals surface area contributed by atoms with E-state index in [0.717, 1.165) is 5.69 Å². The van der Waals surface area contributed by atoms with E-state index in [1.165, 1.54) is 0 Å². The van der Waals surface area contributed by atoms with Crippen molar-refractivity contribution in [3.8, 4) is 0 Å². The topological polar surface area (TPSA) is 105 Å². The van der Waals surface area contributed by atoms with Crippen LogP contribution in [0.3, 0.4) is 0 Å². The van der Waals surface area contributed by atoms with Crippen molar-refractivity contribution in [3.05, 3.63) is 18.0 Å². The third kappa shape index (κ3) is 3.08. The van der Waals surface area contributed by atoms with Gasteiger partial charge in [-0.15, -0.1) is 0 Å². The molecule has 20 heavy (non-hydrogen) atoms. The van der Waals surface area contributed by atoms with Crippen molar-refractivity contribution >= 4 is 12.0 Å². The number of rotatable bonds is 5. The fourth-order valence-corrected chi connectivity index (χ4v) is 2.10. The molecular formula is C12H18N4O4. The number of carbonyl (C=O) groups is 2. The Labute approximate surface area is 116 Å². The summed E-state index contributed by atoms with van der Waals surface area (Å²) in [4.78, 5) is 23.0. The van der Waals surface area contributed by atoms with Crippen LogP contribution < -0.4 is 10.6 Å². The molecule has 0 aromatic carbocycles. The molecule has 1 aromatic heterocycles. The zero-order chi connectivity index (χ0) is 14.6. The van der Waals surface area contributed by atoms with Crippen LogP contribution in [0.5, 0.6) is 0 Å². The summed E-state index contributed by atoms with van der Waals surface area (Å²) in [7, 11) is 1.82. The Morgan fingerprint density at radius 1 is 1.60 bits per heavy atom. The minimum Gasteiger partial charge on any atom is -0.479 e. The van der Waals surface area contributed by atoms with Gasteiger partial charge < -0.3 is 20.5 Å². The number of aliphatic carboxylic acids is 1. The Morgan fingerprint density at radius 3 is 2.95 bits per heavy atom. The molecule has 1 aliphatic rings. The quantitative estimate of drug-likeness (QED) is 0.675. The third-order valence-electron chi connectivity index (χ3n) is 3.37. The number of urea groups is 1. The Hall–Kier alpha value is -2.09. The van der Waals surface area contributed by atoms with Gasteiger partial charge in [-0.2, -0.15) is 5.10 Å². The summed E-state index contributed by atoms with van der Waals surface area (Å²) in [6, 6.07) is 1.36. The fourth-order valence-electron chi connectivity index (χ4n) is 2.10. The zero-order valence-electron chi connectivity index (χ0n) is 11.3. The van der Waals surface area contributed by atoms with Crippen molar-refractivity contribution in [1.29, 1.82) is 0 Å². The number of nitrogens with one attached hydrogen (secondary N) is 2. The minimum absolute atomic E-state index is 0.00250. The molecule has 110 valence electrons. The SMILES string of the molecule is Cn1nccc1CCNC(=O)NC1(C(=O)O)CCOC1. The van der Waals surface area contributed by atoms with Gasteiger partial charge in [0.15, 0.2) is 5.54 Å². The summed E-state index contributed by atoms with van der Waals surface area (Å²) < 4.78 is 6.79. The number of carboxylic acids is 1. The molecule has 1 aromatic rings. The molecule has 0 bridgehead atoms. The lowest BCUT2D eigenvalue weighted by Crippen LogP contribution is -2.57. The van der Waals surface area contributed by atoms with Gasteiger partial charge in [0.2, 0.25) is 0 Å². The lowest BCUT2D eigenvalue weighted by Gasteiger charge is -2.23. The molecule has 0 spiro atoms. The third-order valence-corrected chi connectivity index (χ3v) is 3.37. The van der Waals surface area contributed by atoms with Crippen LogP contribution in [0, 0.1) is 0 Å². The van der Waals surface area contributed by atoms with Gasteiger partial charge in [0, 0.05) is 44.9 Å². The second kappa shape index (κ2) is 5.91. The molecule has 1 aliphatic heterocycles. The molecular weight excluding hydrogens is 264 g/mol. The van der Waals surface area contributed by atoms with Gasteiger partial charge in [-0.05, 0) is 6.07 Å². The molecule has 1 fully saturated rings. The summed E-state index contributed by atoms with van der Waals surface area (Å²) in [6.07, 6.45) is 2.59. The van der Waals surface area contributed by atoms with E-state index in [4.69, 9.17) is 4.74 Å². The fraction of sp³-hybridized carbons (Fsp3) is 0.583. The van der Waals surface area contributed by atoms with Gasteiger partial charge in [0.1, 0.15) is 0 Å². The van der Waals surface area contributed by atoms with Crippen molar-refractivity contribution in [3.63, 3.8) is 0 Å². The Kier molecular flexibility index (Phi) is 4.23. The second-order valence-corrected chi connectivity index (χ2v) is 4.77.